The lowest BCUT2D eigenvalue weighted by atomic mass is 10.1. The molecule has 3 rings (SSSR count). The number of carbonyl (C=O) groups excluding carboxylic acids is 1. The minimum Gasteiger partial charge on any atom is -0.494 e. The van der Waals surface area contributed by atoms with Gasteiger partial charge in [-0.3, -0.25) is 9.10 Å². The SMILES string of the molecule is CCOc1ccc(S(=O)(=O)N(CC(=O)NC(C)c2ccc(OC)c(OC)c2)c2ccc(C)cc2)cc1. The molecule has 0 aromatic heterocycles. The van der Waals surface area contributed by atoms with E-state index in [-0.39, 0.29) is 4.90 Å². The summed E-state index contributed by atoms with van der Waals surface area (Å²) >= 11 is 0. The van der Waals surface area contributed by atoms with Gasteiger partial charge >= 0.3 is 0 Å². The van der Waals surface area contributed by atoms with Gasteiger partial charge in [-0.25, -0.2) is 8.42 Å². The van der Waals surface area contributed by atoms with E-state index in [1.54, 1.807) is 55.6 Å². The molecular formula is C27H32N2O6S. The number of carbonyl (C=O) groups is 1. The number of aryl methyl sites for hydroxylation is 1. The third-order valence-corrected chi connectivity index (χ3v) is 7.41. The molecule has 0 spiro atoms. The molecule has 3 aromatic rings. The number of anilines is 1. The van der Waals surface area contributed by atoms with Crippen LogP contribution in [0.3, 0.4) is 0 Å². The van der Waals surface area contributed by atoms with Crippen LogP contribution in [0.15, 0.2) is 71.6 Å². The summed E-state index contributed by atoms with van der Waals surface area (Å²) in [4.78, 5) is 13.1. The number of sulfonamides is 1. The zero-order chi connectivity index (χ0) is 26.3. The van der Waals surface area contributed by atoms with Crippen LogP contribution < -0.4 is 23.8 Å². The minimum atomic E-state index is -4.03. The highest BCUT2D eigenvalue weighted by atomic mass is 32.2. The van der Waals surface area contributed by atoms with E-state index in [1.165, 1.54) is 19.2 Å². The van der Waals surface area contributed by atoms with Crippen molar-refractivity contribution in [2.24, 2.45) is 0 Å². The van der Waals surface area contributed by atoms with Crippen molar-refractivity contribution in [3.8, 4) is 17.2 Å². The lowest BCUT2D eigenvalue weighted by Crippen LogP contribution is -2.41. The first-order valence-electron chi connectivity index (χ1n) is 11.5. The molecule has 1 amide bonds. The van der Waals surface area contributed by atoms with Gasteiger partial charge in [-0.1, -0.05) is 23.8 Å². The monoisotopic (exact) mass is 512 g/mol. The van der Waals surface area contributed by atoms with E-state index in [0.29, 0.717) is 29.5 Å². The fourth-order valence-corrected chi connectivity index (χ4v) is 5.07. The number of amides is 1. The summed E-state index contributed by atoms with van der Waals surface area (Å²) in [6.45, 7) is 5.66. The number of nitrogens with zero attached hydrogens (tertiary/aromatic N) is 1. The maximum Gasteiger partial charge on any atom is 0.264 e. The topological polar surface area (TPSA) is 94.2 Å². The van der Waals surface area contributed by atoms with Gasteiger partial charge in [0.1, 0.15) is 12.3 Å². The molecule has 0 bridgehead atoms. The lowest BCUT2D eigenvalue weighted by molar-refractivity contribution is -0.120. The Bertz CT molecular complexity index is 1270. The summed E-state index contributed by atoms with van der Waals surface area (Å²) in [5, 5.41) is 2.88. The molecule has 0 saturated heterocycles. The fourth-order valence-electron chi connectivity index (χ4n) is 3.65. The van der Waals surface area contributed by atoms with E-state index in [1.807, 2.05) is 26.8 Å². The molecule has 192 valence electrons. The second kappa shape index (κ2) is 11.8. The molecule has 9 heteroatoms. The molecule has 0 radical (unpaired) electrons. The van der Waals surface area contributed by atoms with Crippen LogP contribution in [0.4, 0.5) is 5.69 Å². The molecule has 0 saturated carbocycles. The van der Waals surface area contributed by atoms with Gasteiger partial charge in [-0.15, -0.1) is 0 Å². The number of hydrogen-bond donors (Lipinski definition) is 1. The zero-order valence-electron chi connectivity index (χ0n) is 21.1. The van der Waals surface area contributed by atoms with Gasteiger partial charge in [0.2, 0.25) is 5.91 Å². The first-order valence-corrected chi connectivity index (χ1v) is 13.0. The summed E-state index contributed by atoms with van der Waals surface area (Å²) in [5.41, 5.74) is 2.16. The van der Waals surface area contributed by atoms with E-state index in [4.69, 9.17) is 14.2 Å². The first kappa shape index (κ1) is 26.9. The Kier molecular flexibility index (Phi) is 8.82. The van der Waals surface area contributed by atoms with E-state index in [2.05, 4.69) is 5.32 Å². The molecule has 0 fully saturated rings. The normalized spacial score (nSPS) is 11.9. The Morgan fingerprint density at radius 1 is 0.944 bits per heavy atom. The molecule has 1 unspecified atom stereocenters. The van der Waals surface area contributed by atoms with Gasteiger partial charge in [0.25, 0.3) is 10.0 Å². The highest BCUT2D eigenvalue weighted by molar-refractivity contribution is 7.92. The summed E-state index contributed by atoms with van der Waals surface area (Å²) in [5.74, 6) is 1.23. The van der Waals surface area contributed by atoms with Crippen LogP contribution in [0, 0.1) is 6.92 Å². The largest absolute Gasteiger partial charge is 0.494 e. The number of benzene rings is 3. The third-order valence-electron chi connectivity index (χ3n) is 5.62. The first-order chi connectivity index (χ1) is 17.2. The number of nitrogens with one attached hydrogen (secondary N) is 1. The Morgan fingerprint density at radius 3 is 2.17 bits per heavy atom. The van der Waals surface area contributed by atoms with Gasteiger partial charge in [0.05, 0.1) is 37.5 Å². The Labute approximate surface area is 212 Å². The van der Waals surface area contributed by atoms with Crippen LogP contribution in [-0.4, -0.2) is 41.7 Å². The van der Waals surface area contributed by atoms with E-state index in [0.717, 1.165) is 15.4 Å². The van der Waals surface area contributed by atoms with Crippen molar-refractivity contribution in [3.63, 3.8) is 0 Å². The number of ether oxygens (including phenoxy) is 3. The number of rotatable bonds is 11. The van der Waals surface area contributed by atoms with Crippen LogP contribution in [0.1, 0.15) is 31.0 Å². The lowest BCUT2D eigenvalue weighted by Gasteiger charge is -2.25. The predicted molar refractivity (Wildman–Crippen MR) is 139 cm³/mol. The smallest absolute Gasteiger partial charge is 0.264 e. The molecule has 0 heterocycles. The van der Waals surface area contributed by atoms with E-state index >= 15 is 0 Å². The second-order valence-electron chi connectivity index (χ2n) is 8.16. The van der Waals surface area contributed by atoms with Gasteiger partial charge in [-0.05, 0) is 74.9 Å². The maximum atomic E-state index is 13.6. The van der Waals surface area contributed by atoms with Crippen LogP contribution >= 0.6 is 0 Å². The molecule has 3 aromatic carbocycles. The quantitative estimate of drug-likeness (QED) is 0.407. The van der Waals surface area contributed by atoms with Crippen molar-refractivity contribution in [2.45, 2.75) is 31.7 Å². The molecule has 0 aliphatic rings. The Hall–Kier alpha value is -3.72. The molecular weight excluding hydrogens is 480 g/mol. The van der Waals surface area contributed by atoms with E-state index < -0.39 is 28.5 Å². The van der Waals surface area contributed by atoms with Gasteiger partial charge in [-0.2, -0.15) is 0 Å². The summed E-state index contributed by atoms with van der Waals surface area (Å²) in [6.07, 6.45) is 0. The Balaban J connectivity index is 1.86. The highest BCUT2D eigenvalue weighted by Gasteiger charge is 2.28. The van der Waals surface area contributed by atoms with Crippen molar-refractivity contribution < 1.29 is 27.4 Å². The average molecular weight is 513 g/mol. The van der Waals surface area contributed by atoms with Crippen LogP contribution in [0.2, 0.25) is 0 Å². The average Bonchev–Trinajstić information content (AvgIpc) is 2.88. The van der Waals surface area contributed by atoms with E-state index in [9.17, 15) is 13.2 Å². The van der Waals surface area contributed by atoms with Crippen molar-refractivity contribution in [3.05, 3.63) is 77.9 Å². The molecule has 0 aliphatic carbocycles. The summed E-state index contributed by atoms with van der Waals surface area (Å²) in [6, 6.07) is 18.1. The molecule has 0 aliphatic heterocycles. The summed E-state index contributed by atoms with van der Waals surface area (Å²) < 4.78 is 44.4. The van der Waals surface area contributed by atoms with Crippen LogP contribution in [-0.2, 0) is 14.8 Å². The third kappa shape index (κ3) is 6.28. The van der Waals surface area contributed by atoms with Crippen molar-refractivity contribution in [1.82, 2.24) is 5.32 Å². The fraction of sp³-hybridized carbons (Fsp3) is 0.296. The minimum absolute atomic E-state index is 0.0623. The number of methoxy groups -OCH3 is 2. The Morgan fingerprint density at radius 2 is 1.58 bits per heavy atom. The summed E-state index contributed by atoms with van der Waals surface area (Å²) in [7, 11) is -0.947. The molecule has 36 heavy (non-hydrogen) atoms. The van der Waals surface area contributed by atoms with Crippen molar-refractivity contribution >= 4 is 21.6 Å². The highest BCUT2D eigenvalue weighted by Crippen LogP contribution is 2.30. The maximum absolute atomic E-state index is 13.6. The van der Waals surface area contributed by atoms with Gasteiger partial charge in [0.15, 0.2) is 11.5 Å². The van der Waals surface area contributed by atoms with Crippen LogP contribution in [0.25, 0.3) is 0 Å². The predicted octanol–water partition coefficient (Wildman–Crippen LogP) is 4.48. The zero-order valence-corrected chi connectivity index (χ0v) is 22.0. The van der Waals surface area contributed by atoms with Crippen molar-refractivity contribution in [1.29, 1.82) is 0 Å². The molecule has 8 nitrogen and oxygen atoms in total. The molecule has 1 atom stereocenters. The van der Waals surface area contributed by atoms with Crippen molar-refractivity contribution in [2.75, 3.05) is 31.7 Å². The standard InChI is InChI=1S/C27H32N2O6S/c1-6-35-23-12-14-24(15-13-23)36(31,32)29(22-10-7-19(2)8-11-22)18-27(30)28-20(3)21-9-16-25(33-4)26(17-21)34-5/h7-17,20H,6,18H2,1-5H3,(H,28,30). The van der Waals surface area contributed by atoms with Crippen LogP contribution in [0.5, 0.6) is 17.2 Å². The van der Waals surface area contributed by atoms with Gasteiger partial charge < -0.3 is 19.5 Å². The molecule has 1 N–H and O–H groups in total. The van der Waals surface area contributed by atoms with Gasteiger partial charge in [0, 0.05) is 0 Å². The number of hydrogen-bond acceptors (Lipinski definition) is 6. The second-order valence-corrected chi connectivity index (χ2v) is 10.0.